The van der Waals surface area contributed by atoms with Crippen molar-refractivity contribution in [1.82, 2.24) is 14.9 Å². The standard InChI is InChI=1S/C16H23N3O3/c20-16(21)14-11-19(6-7-22-14)10-12-8-17-15(18-9-12)13-4-2-1-3-5-13/h8-9,13-14H,1-7,10-11H2,(H,20,21)/t14-/m0/s1. The molecule has 1 aliphatic carbocycles. The van der Waals surface area contributed by atoms with Gasteiger partial charge in [-0.3, -0.25) is 4.90 Å². The molecule has 1 saturated carbocycles. The first kappa shape index (κ1) is 15.4. The third-order valence-corrected chi connectivity index (χ3v) is 4.53. The van der Waals surface area contributed by atoms with E-state index >= 15 is 0 Å². The van der Waals surface area contributed by atoms with Crippen LogP contribution in [0.15, 0.2) is 12.4 Å². The molecular weight excluding hydrogens is 282 g/mol. The van der Waals surface area contributed by atoms with E-state index in [1.165, 1.54) is 32.1 Å². The Balaban J connectivity index is 1.57. The first-order valence-electron chi connectivity index (χ1n) is 8.10. The van der Waals surface area contributed by atoms with Crippen LogP contribution >= 0.6 is 0 Å². The van der Waals surface area contributed by atoms with Crippen molar-refractivity contribution in [1.29, 1.82) is 0 Å². The third-order valence-electron chi connectivity index (χ3n) is 4.53. The predicted octanol–water partition coefficient (Wildman–Crippen LogP) is 1.81. The largest absolute Gasteiger partial charge is 0.479 e. The molecule has 2 heterocycles. The van der Waals surface area contributed by atoms with Crippen LogP contribution in [0.2, 0.25) is 0 Å². The van der Waals surface area contributed by atoms with Crippen molar-refractivity contribution in [3.63, 3.8) is 0 Å². The Morgan fingerprint density at radius 1 is 1.27 bits per heavy atom. The second-order valence-corrected chi connectivity index (χ2v) is 6.22. The van der Waals surface area contributed by atoms with Gasteiger partial charge in [0.1, 0.15) is 5.82 Å². The lowest BCUT2D eigenvalue weighted by molar-refractivity contribution is -0.156. The summed E-state index contributed by atoms with van der Waals surface area (Å²) in [6.07, 6.45) is 9.34. The molecule has 0 aromatic carbocycles. The third kappa shape index (κ3) is 3.81. The van der Waals surface area contributed by atoms with Gasteiger partial charge in [-0.15, -0.1) is 0 Å². The van der Waals surface area contributed by atoms with Crippen LogP contribution < -0.4 is 0 Å². The molecule has 2 fully saturated rings. The molecule has 1 aromatic rings. The minimum absolute atomic E-state index is 0.416. The van der Waals surface area contributed by atoms with Gasteiger partial charge in [0, 0.05) is 43.5 Å². The summed E-state index contributed by atoms with van der Waals surface area (Å²) < 4.78 is 5.23. The van der Waals surface area contributed by atoms with Crippen molar-refractivity contribution >= 4 is 5.97 Å². The van der Waals surface area contributed by atoms with Gasteiger partial charge in [0.15, 0.2) is 6.10 Å². The second-order valence-electron chi connectivity index (χ2n) is 6.22. The van der Waals surface area contributed by atoms with Gasteiger partial charge in [0.05, 0.1) is 6.61 Å². The Kier molecular flexibility index (Phi) is 5.00. The first-order valence-corrected chi connectivity index (χ1v) is 8.10. The minimum Gasteiger partial charge on any atom is -0.479 e. The predicted molar refractivity (Wildman–Crippen MR) is 80.5 cm³/mol. The van der Waals surface area contributed by atoms with Gasteiger partial charge < -0.3 is 9.84 Å². The fourth-order valence-corrected chi connectivity index (χ4v) is 3.27. The number of aliphatic carboxylic acids is 1. The molecule has 2 aliphatic rings. The van der Waals surface area contributed by atoms with E-state index in [9.17, 15) is 4.79 Å². The zero-order valence-corrected chi connectivity index (χ0v) is 12.8. The lowest BCUT2D eigenvalue weighted by Crippen LogP contribution is -2.45. The Morgan fingerprint density at radius 3 is 2.68 bits per heavy atom. The smallest absolute Gasteiger partial charge is 0.334 e. The molecule has 6 nitrogen and oxygen atoms in total. The van der Waals surface area contributed by atoms with Crippen LogP contribution in [0.5, 0.6) is 0 Å². The van der Waals surface area contributed by atoms with Crippen molar-refractivity contribution in [3.8, 4) is 0 Å². The second kappa shape index (κ2) is 7.15. The summed E-state index contributed by atoms with van der Waals surface area (Å²) in [4.78, 5) is 22.2. The Bertz CT molecular complexity index is 500. The fourth-order valence-electron chi connectivity index (χ4n) is 3.27. The van der Waals surface area contributed by atoms with E-state index in [1.807, 2.05) is 12.4 Å². The highest BCUT2D eigenvalue weighted by molar-refractivity contribution is 5.72. The van der Waals surface area contributed by atoms with Crippen LogP contribution in [0.1, 0.15) is 49.4 Å². The highest BCUT2D eigenvalue weighted by Crippen LogP contribution is 2.30. The number of carboxylic acids is 1. The molecule has 6 heteroatoms. The Labute approximate surface area is 130 Å². The van der Waals surface area contributed by atoms with Crippen LogP contribution in [0.25, 0.3) is 0 Å². The molecule has 1 saturated heterocycles. The van der Waals surface area contributed by atoms with Crippen molar-refractivity contribution < 1.29 is 14.6 Å². The number of morpholine rings is 1. The monoisotopic (exact) mass is 305 g/mol. The summed E-state index contributed by atoms with van der Waals surface area (Å²) >= 11 is 0. The number of carboxylic acid groups (broad SMARTS) is 1. The molecule has 0 bridgehead atoms. The van der Waals surface area contributed by atoms with Gasteiger partial charge in [-0.2, -0.15) is 0 Å². The summed E-state index contributed by atoms with van der Waals surface area (Å²) in [6.45, 7) is 2.30. The van der Waals surface area contributed by atoms with Gasteiger partial charge in [-0.25, -0.2) is 14.8 Å². The van der Waals surface area contributed by atoms with E-state index in [0.29, 0.717) is 25.6 Å². The SMILES string of the molecule is O=C(O)[C@@H]1CN(Cc2cnc(C3CCCCC3)nc2)CCO1. The van der Waals surface area contributed by atoms with E-state index in [2.05, 4.69) is 14.9 Å². The van der Waals surface area contributed by atoms with E-state index in [-0.39, 0.29) is 0 Å². The maximum absolute atomic E-state index is 11.0. The highest BCUT2D eigenvalue weighted by Gasteiger charge is 2.26. The lowest BCUT2D eigenvalue weighted by atomic mass is 9.89. The maximum Gasteiger partial charge on any atom is 0.334 e. The average molecular weight is 305 g/mol. The van der Waals surface area contributed by atoms with Gasteiger partial charge >= 0.3 is 5.97 Å². The quantitative estimate of drug-likeness (QED) is 0.914. The number of nitrogens with zero attached hydrogens (tertiary/aromatic N) is 3. The average Bonchev–Trinajstić information content (AvgIpc) is 2.56. The molecule has 1 aliphatic heterocycles. The molecule has 0 amide bonds. The first-order chi connectivity index (χ1) is 10.7. The van der Waals surface area contributed by atoms with Crippen LogP contribution in [-0.2, 0) is 16.1 Å². The molecule has 0 unspecified atom stereocenters. The zero-order valence-electron chi connectivity index (χ0n) is 12.8. The van der Waals surface area contributed by atoms with Crippen molar-refractivity contribution in [2.75, 3.05) is 19.7 Å². The zero-order chi connectivity index (χ0) is 15.4. The number of hydrogen-bond donors (Lipinski definition) is 1. The number of aromatic nitrogens is 2. The molecule has 1 atom stereocenters. The van der Waals surface area contributed by atoms with Crippen LogP contribution in [0, 0.1) is 0 Å². The van der Waals surface area contributed by atoms with E-state index < -0.39 is 12.1 Å². The topological polar surface area (TPSA) is 75.5 Å². The normalized spacial score (nSPS) is 24.3. The van der Waals surface area contributed by atoms with E-state index in [4.69, 9.17) is 9.84 Å². The summed E-state index contributed by atoms with van der Waals surface area (Å²) in [5, 5.41) is 9.03. The number of carbonyl (C=O) groups is 1. The molecule has 0 spiro atoms. The number of rotatable bonds is 4. The Hall–Kier alpha value is -1.53. The van der Waals surface area contributed by atoms with Crippen molar-refractivity contribution in [3.05, 3.63) is 23.8 Å². The lowest BCUT2D eigenvalue weighted by Gasteiger charge is -2.30. The summed E-state index contributed by atoms with van der Waals surface area (Å²) in [5.41, 5.74) is 1.03. The summed E-state index contributed by atoms with van der Waals surface area (Å²) in [5.74, 6) is 0.588. The highest BCUT2D eigenvalue weighted by atomic mass is 16.5. The number of ether oxygens (including phenoxy) is 1. The summed E-state index contributed by atoms with van der Waals surface area (Å²) in [6, 6.07) is 0. The molecule has 1 aromatic heterocycles. The van der Waals surface area contributed by atoms with Gasteiger partial charge in [0.25, 0.3) is 0 Å². The van der Waals surface area contributed by atoms with Crippen molar-refractivity contribution in [2.24, 2.45) is 0 Å². The molecule has 3 rings (SSSR count). The van der Waals surface area contributed by atoms with Crippen LogP contribution in [-0.4, -0.2) is 51.7 Å². The molecular formula is C16H23N3O3. The fraction of sp³-hybridized carbons (Fsp3) is 0.688. The van der Waals surface area contributed by atoms with Gasteiger partial charge in [-0.05, 0) is 12.8 Å². The van der Waals surface area contributed by atoms with Gasteiger partial charge in [0.2, 0.25) is 0 Å². The van der Waals surface area contributed by atoms with Crippen LogP contribution in [0.3, 0.4) is 0 Å². The maximum atomic E-state index is 11.0. The molecule has 0 radical (unpaired) electrons. The van der Waals surface area contributed by atoms with Crippen molar-refractivity contribution in [2.45, 2.75) is 50.7 Å². The minimum atomic E-state index is -0.895. The summed E-state index contributed by atoms with van der Waals surface area (Å²) in [7, 11) is 0. The molecule has 120 valence electrons. The van der Waals surface area contributed by atoms with Crippen LogP contribution in [0.4, 0.5) is 0 Å². The van der Waals surface area contributed by atoms with Gasteiger partial charge in [-0.1, -0.05) is 19.3 Å². The number of hydrogen-bond acceptors (Lipinski definition) is 5. The molecule has 1 N–H and O–H groups in total. The Morgan fingerprint density at radius 2 is 2.00 bits per heavy atom. The molecule has 22 heavy (non-hydrogen) atoms. The van der Waals surface area contributed by atoms with E-state index in [1.54, 1.807) is 0 Å². The van der Waals surface area contributed by atoms with E-state index in [0.717, 1.165) is 17.9 Å².